The van der Waals surface area contributed by atoms with Gasteiger partial charge in [0.15, 0.2) is 12.6 Å². The SMILES string of the molecule is COc1ccc(NC(=O)C[NH+](C)[C@H](C)C(=O)Nc2cc(Cl)ccc2Cl)cc1. The number of anilines is 2. The summed E-state index contributed by atoms with van der Waals surface area (Å²) in [6.07, 6.45) is 0. The van der Waals surface area contributed by atoms with Crippen molar-refractivity contribution in [3.8, 4) is 5.75 Å². The van der Waals surface area contributed by atoms with Crippen molar-refractivity contribution >= 4 is 46.4 Å². The molecule has 2 aromatic carbocycles. The molecule has 2 aromatic rings. The van der Waals surface area contributed by atoms with Crippen molar-refractivity contribution in [2.75, 3.05) is 31.3 Å². The van der Waals surface area contributed by atoms with Gasteiger partial charge in [-0.1, -0.05) is 23.2 Å². The van der Waals surface area contributed by atoms with Gasteiger partial charge >= 0.3 is 0 Å². The highest BCUT2D eigenvalue weighted by atomic mass is 35.5. The summed E-state index contributed by atoms with van der Waals surface area (Å²) >= 11 is 12.0. The summed E-state index contributed by atoms with van der Waals surface area (Å²) in [7, 11) is 3.35. The van der Waals surface area contributed by atoms with Gasteiger partial charge in [-0.3, -0.25) is 9.59 Å². The molecule has 2 atom stereocenters. The largest absolute Gasteiger partial charge is 0.497 e. The molecule has 0 spiro atoms. The summed E-state index contributed by atoms with van der Waals surface area (Å²) in [6, 6.07) is 11.4. The number of quaternary nitrogens is 1. The minimum absolute atomic E-state index is 0.129. The number of carbonyl (C=O) groups is 2. The van der Waals surface area contributed by atoms with Gasteiger partial charge in [-0.05, 0) is 49.4 Å². The van der Waals surface area contributed by atoms with Crippen LogP contribution in [0.4, 0.5) is 11.4 Å². The molecule has 0 heterocycles. The molecule has 6 nitrogen and oxygen atoms in total. The Labute approximate surface area is 168 Å². The van der Waals surface area contributed by atoms with Crippen molar-refractivity contribution in [3.05, 3.63) is 52.5 Å². The first-order valence-corrected chi connectivity index (χ1v) is 9.08. The van der Waals surface area contributed by atoms with Crippen LogP contribution in [0.1, 0.15) is 6.92 Å². The van der Waals surface area contributed by atoms with Crippen LogP contribution in [0.25, 0.3) is 0 Å². The number of carbonyl (C=O) groups excluding carboxylic acids is 2. The van der Waals surface area contributed by atoms with E-state index in [0.717, 1.165) is 4.90 Å². The third kappa shape index (κ3) is 6.13. The van der Waals surface area contributed by atoms with Crippen molar-refractivity contribution in [1.82, 2.24) is 0 Å². The quantitative estimate of drug-likeness (QED) is 0.656. The molecule has 144 valence electrons. The van der Waals surface area contributed by atoms with Crippen LogP contribution in [0.3, 0.4) is 0 Å². The molecule has 0 radical (unpaired) electrons. The summed E-state index contributed by atoms with van der Waals surface area (Å²) in [5.41, 5.74) is 1.10. The van der Waals surface area contributed by atoms with Crippen LogP contribution in [0.15, 0.2) is 42.5 Å². The highest BCUT2D eigenvalue weighted by molar-refractivity contribution is 6.35. The van der Waals surface area contributed by atoms with Gasteiger partial charge < -0.3 is 20.3 Å². The van der Waals surface area contributed by atoms with Crippen LogP contribution in [0.5, 0.6) is 5.75 Å². The van der Waals surface area contributed by atoms with Crippen LogP contribution in [0.2, 0.25) is 10.0 Å². The molecule has 0 bridgehead atoms. The van der Waals surface area contributed by atoms with Crippen molar-refractivity contribution in [2.45, 2.75) is 13.0 Å². The molecule has 0 aromatic heterocycles. The molecular formula is C19H22Cl2N3O3+. The number of nitrogens with one attached hydrogen (secondary N) is 3. The molecular weight excluding hydrogens is 389 g/mol. The summed E-state index contributed by atoms with van der Waals surface area (Å²) in [5, 5.41) is 6.42. The standard InChI is InChI=1S/C19H21Cl2N3O3/c1-12(19(26)23-17-10-13(20)4-9-16(17)21)24(2)11-18(25)22-14-5-7-15(27-3)8-6-14/h4-10,12H,11H2,1-3H3,(H,22,25)(H,23,26)/p+1/t12-/m1/s1. The lowest BCUT2D eigenvalue weighted by atomic mass is 10.2. The molecule has 2 rings (SSSR count). The molecule has 27 heavy (non-hydrogen) atoms. The number of hydrogen-bond acceptors (Lipinski definition) is 3. The van der Waals surface area contributed by atoms with Crippen molar-refractivity contribution < 1.29 is 19.2 Å². The van der Waals surface area contributed by atoms with Crippen molar-refractivity contribution in [1.29, 1.82) is 0 Å². The van der Waals surface area contributed by atoms with Gasteiger partial charge in [-0.15, -0.1) is 0 Å². The molecule has 8 heteroatoms. The Morgan fingerprint density at radius 2 is 1.78 bits per heavy atom. The molecule has 2 amide bonds. The van der Waals surface area contributed by atoms with E-state index >= 15 is 0 Å². The normalized spacial score (nSPS) is 12.8. The molecule has 0 aliphatic carbocycles. The average Bonchev–Trinajstić information content (AvgIpc) is 2.64. The number of amides is 2. The van der Waals surface area contributed by atoms with E-state index in [9.17, 15) is 9.59 Å². The number of rotatable bonds is 7. The number of halogens is 2. The summed E-state index contributed by atoms with van der Waals surface area (Å²) in [4.78, 5) is 25.4. The van der Waals surface area contributed by atoms with Crippen LogP contribution in [-0.2, 0) is 9.59 Å². The van der Waals surface area contributed by atoms with Gasteiger partial charge in [0, 0.05) is 10.7 Å². The first kappa shape index (κ1) is 21.0. The first-order valence-electron chi connectivity index (χ1n) is 8.32. The second kappa shape index (κ2) is 9.60. The zero-order valence-electron chi connectivity index (χ0n) is 15.3. The second-order valence-corrected chi connectivity index (χ2v) is 6.98. The van der Waals surface area contributed by atoms with Gasteiger partial charge in [-0.25, -0.2) is 0 Å². The summed E-state index contributed by atoms with van der Waals surface area (Å²) in [5.74, 6) is 0.257. The van der Waals surface area contributed by atoms with Crippen molar-refractivity contribution in [2.24, 2.45) is 0 Å². The zero-order chi connectivity index (χ0) is 20.0. The topological polar surface area (TPSA) is 71.9 Å². The van der Waals surface area contributed by atoms with Gasteiger partial charge in [0.1, 0.15) is 5.75 Å². The zero-order valence-corrected chi connectivity index (χ0v) is 16.8. The van der Waals surface area contributed by atoms with E-state index in [-0.39, 0.29) is 18.4 Å². The smallest absolute Gasteiger partial charge is 0.282 e. The minimum atomic E-state index is -0.471. The maximum absolute atomic E-state index is 12.4. The Morgan fingerprint density at radius 3 is 2.41 bits per heavy atom. The van der Waals surface area contributed by atoms with Crippen molar-refractivity contribution in [3.63, 3.8) is 0 Å². The van der Waals surface area contributed by atoms with Crippen LogP contribution in [0, 0.1) is 0 Å². The predicted octanol–water partition coefficient (Wildman–Crippen LogP) is 2.48. The average molecular weight is 411 g/mol. The van der Waals surface area contributed by atoms with Gasteiger partial charge in [0.2, 0.25) is 0 Å². The van der Waals surface area contributed by atoms with Crippen LogP contribution < -0.4 is 20.3 Å². The molecule has 0 aliphatic heterocycles. The molecule has 0 saturated heterocycles. The fourth-order valence-corrected chi connectivity index (χ4v) is 2.68. The number of methoxy groups -OCH3 is 1. The predicted molar refractivity (Wildman–Crippen MR) is 108 cm³/mol. The Hall–Kier alpha value is -2.28. The Bertz CT molecular complexity index is 812. The summed E-state index contributed by atoms with van der Waals surface area (Å²) in [6.45, 7) is 1.87. The number of benzene rings is 2. The Balaban J connectivity index is 1.91. The monoisotopic (exact) mass is 410 g/mol. The lowest BCUT2D eigenvalue weighted by Gasteiger charge is -2.21. The highest BCUT2D eigenvalue weighted by Gasteiger charge is 2.24. The van der Waals surface area contributed by atoms with E-state index in [0.29, 0.717) is 27.2 Å². The third-order valence-electron chi connectivity index (χ3n) is 4.13. The molecule has 0 fully saturated rings. The van der Waals surface area contributed by atoms with Crippen LogP contribution >= 0.6 is 23.2 Å². The minimum Gasteiger partial charge on any atom is -0.497 e. The number of likely N-dealkylation sites (N-methyl/N-ethyl adjacent to an activating group) is 1. The molecule has 1 unspecified atom stereocenters. The lowest BCUT2D eigenvalue weighted by molar-refractivity contribution is -0.885. The molecule has 3 N–H and O–H groups in total. The van der Waals surface area contributed by atoms with Gasteiger partial charge in [0.05, 0.1) is 24.9 Å². The second-order valence-electron chi connectivity index (χ2n) is 6.13. The fraction of sp³-hybridized carbons (Fsp3) is 0.263. The Kier molecular flexibility index (Phi) is 7.47. The fourth-order valence-electron chi connectivity index (χ4n) is 2.34. The first-order chi connectivity index (χ1) is 12.8. The van der Waals surface area contributed by atoms with E-state index in [1.807, 2.05) is 0 Å². The maximum Gasteiger partial charge on any atom is 0.282 e. The van der Waals surface area contributed by atoms with Gasteiger partial charge in [0.25, 0.3) is 11.8 Å². The van der Waals surface area contributed by atoms with E-state index < -0.39 is 6.04 Å². The van der Waals surface area contributed by atoms with E-state index in [4.69, 9.17) is 27.9 Å². The van der Waals surface area contributed by atoms with Crippen LogP contribution in [-0.4, -0.2) is 38.6 Å². The number of hydrogen-bond donors (Lipinski definition) is 3. The summed E-state index contributed by atoms with van der Waals surface area (Å²) < 4.78 is 5.08. The highest BCUT2D eigenvalue weighted by Crippen LogP contribution is 2.25. The molecule has 0 saturated carbocycles. The van der Waals surface area contributed by atoms with E-state index in [2.05, 4.69) is 10.6 Å². The lowest BCUT2D eigenvalue weighted by Crippen LogP contribution is -3.14. The van der Waals surface area contributed by atoms with Gasteiger partial charge in [-0.2, -0.15) is 0 Å². The molecule has 0 aliphatic rings. The van der Waals surface area contributed by atoms with E-state index in [1.165, 1.54) is 0 Å². The maximum atomic E-state index is 12.4. The number of ether oxygens (including phenoxy) is 1. The Morgan fingerprint density at radius 1 is 1.11 bits per heavy atom. The van der Waals surface area contributed by atoms with E-state index in [1.54, 1.807) is 63.5 Å². The third-order valence-corrected chi connectivity index (χ3v) is 4.70.